The fourth-order valence-corrected chi connectivity index (χ4v) is 3.98. The van der Waals surface area contributed by atoms with Crippen molar-refractivity contribution in [3.8, 4) is 22.4 Å². The van der Waals surface area contributed by atoms with Gasteiger partial charge in [-0.1, -0.05) is 68.5 Å². The number of carbonyl (C=O) groups excluding carboxylic acids is 1. The van der Waals surface area contributed by atoms with Gasteiger partial charge in [-0.05, 0) is 29.7 Å². The summed E-state index contributed by atoms with van der Waals surface area (Å²) in [7, 11) is 0. The molecule has 2 atom stereocenters. The Kier molecular flexibility index (Phi) is 6.47. The molecule has 3 aromatic rings. The quantitative estimate of drug-likeness (QED) is 0.522. The second-order valence-corrected chi connectivity index (χ2v) is 8.34. The Bertz CT molecular complexity index is 1140. The molecule has 1 fully saturated rings. The van der Waals surface area contributed by atoms with Gasteiger partial charge in [-0.15, -0.1) is 0 Å². The molecule has 2 unspecified atom stereocenters. The zero-order chi connectivity index (χ0) is 22.7. The van der Waals surface area contributed by atoms with Crippen LogP contribution in [0.4, 0.5) is 4.39 Å². The van der Waals surface area contributed by atoms with Crippen LogP contribution in [0.5, 0.6) is 0 Å². The van der Waals surface area contributed by atoms with Crippen LogP contribution < -0.4 is 0 Å². The van der Waals surface area contributed by atoms with Crippen molar-refractivity contribution in [2.24, 2.45) is 0 Å². The van der Waals surface area contributed by atoms with Gasteiger partial charge in [0.25, 0.3) is 0 Å². The monoisotopic (exact) mass is 431 g/mol. The number of esters is 1. The Morgan fingerprint density at radius 1 is 1.09 bits per heavy atom. The van der Waals surface area contributed by atoms with Crippen LogP contribution in [0, 0.1) is 5.82 Å². The normalized spacial score (nSPS) is 18.8. The Morgan fingerprint density at radius 3 is 2.50 bits per heavy atom. The summed E-state index contributed by atoms with van der Waals surface area (Å²) in [5, 5.41) is 9.92. The van der Waals surface area contributed by atoms with E-state index in [2.05, 4.69) is 0 Å². The van der Waals surface area contributed by atoms with Gasteiger partial charge in [-0.2, -0.15) is 0 Å². The van der Waals surface area contributed by atoms with Crippen LogP contribution in [0.3, 0.4) is 0 Å². The summed E-state index contributed by atoms with van der Waals surface area (Å²) >= 11 is 0. The summed E-state index contributed by atoms with van der Waals surface area (Å²) in [5.74, 6) is -0.667. The molecule has 1 N–H and O–H groups in total. The fourth-order valence-electron chi connectivity index (χ4n) is 3.98. The number of aliphatic hydroxyl groups is 1. The van der Waals surface area contributed by atoms with E-state index in [1.165, 1.54) is 6.07 Å². The Labute approximate surface area is 187 Å². The largest absolute Gasteiger partial charge is 0.458 e. The van der Waals surface area contributed by atoms with Gasteiger partial charge in [0.1, 0.15) is 11.9 Å². The van der Waals surface area contributed by atoms with Crippen molar-refractivity contribution in [2.75, 3.05) is 0 Å². The number of rotatable bonds is 5. The Balaban J connectivity index is 1.88. The lowest BCUT2D eigenvalue weighted by Crippen LogP contribution is -2.31. The molecule has 0 amide bonds. The molecule has 164 valence electrons. The summed E-state index contributed by atoms with van der Waals surface area (Å²) in [4.78, 5) is 16.6. The zero-order valence-electron chi connectivity index (χ0n) is 18.2. The van der Waals surface area contributed by atoms with Crippen molar-refractivity contribution < 1.29 is 19.0 Å². The summed E-state index contributed by atoms with van der Waals surface area (Å²) in [6, 6.07) is 18.4. The fraction of sp³-hybridized carbons (Fsp3) is 0.259. The van der Waals surface area contributed by atoms with Crippen LogP contribution in [0.25, 0.3) is 28.5 Å². The molecule has 0 bridgehead atoms. The average Bonchev–Trinajstić information content (AvgIpc) is 2.77. The second-order valence-electron chi connectivity index (χ2n) is 8.34. The van der Waals surface area contributed by atoms with E-state index in [0.717, 1.165) is 28.1 Å². The molecule has 32 heavy (non-hydrogen) atoms. The van der Waals surface area contributed by atoms with Crippen LogP contribution in [0.1, 0.15) is 43.9 Å². The van der Waals surface area contributed by atoms with Gasteiger partial charge in [-0.25, -0.2) is 4.39 Å². The van der Waals surface area contributed by atoms with E-state index in [-0.39, 0.29) is 18.2 Å². The number of pyridine rings is 1. The smallest absolute Gasteiger partial charge is 0.309 e. The van der Waals surface area contributed by atoms with Crippen LogP contribution >= 0.6 is 0 Å². The number of hydrogen-bond acceptors (Lipinski definition) is 4. The predicted molar refractivity (Wildman–Crippen MR) is 123 cm³/mol. The summed E-state index contributed by atoms with van der Waals surface area (Å²) in [6.07, 6.45) is 2.69. The molecular weight excluding hydrogens is 405 g/mol. The van der Waals surface area contributed by atoms with E-state index >= 15 is 0 Å². The molecule has 1 aliphatic heterocycles. The van der Waals surface area contributed by atoms with Crippen molar-refractivity contribution in [2.45, 2.75) is 44.8 Å². The van der Waals surface area contributed by atoms with E-state index in [1.54, 1.807) is 18.2 Å². The molecule has 0 aliphatic carbocycles. The SMILES string of the molecule is CC(C)c1nc(-c2ccccc2)cc(-c2ccccc2F)c1C=CC1CC(O)CC(=O)O1. The second kappa shape index (κ2) is 9.45. The molecule has 1 aliphatic rings. The van der Waals surface area contributed by atoms with E-state index in [9.17, 15) is 14.3 Å². The Morgan fingerprint density at radius 2 is 1.81 bits per heavy atom. The van der Waals surface area contributed by atoms with Crippen LogP contribution in [0.15, 0.2) is 66.7 Å². The predicted octanol–water partition coefficient (Wildman–Crippen LogP) is 5.76. The number of aliphatic hydroxyl groups excluding tert-OH is 1. The van der Waals surface area contributed by atoms with Gasteiger partial charge >= 0.3 is 5.97 Å². The molecule has 4 rings (SSSR count). The molecule has 1 saturated heterocycles. The van der Waals surface area contributed by atoms with E-state index in [0.29, 0.717) is 12.0 Å². The third kappa shape index (κ3) is 4.78. The summed E-state index contributed by atoms with van der Waals surface area (Å²) in [5.41, 5.74) is 4.52. The van der Waals surface area contributed by atoms with Gasteiger partial charge in [0, 0.05) is 23.1 Å². The third-order valence-corrected chi connectivity index (χ3v) is 5.54. The first-order chi connectivity index (χ1) is 15.4. The first kappa shape index (κ1) is 21.9. The summed E-state index contributed by atoms with van der Waals surface area (Å²) in [6.45, 7) is 4.09. The third-order valence-electron chi connectivity index (χ3n) is 5.54. The van der Waals surface area contributed by atoms with Crippen LogP contribution in [0.2, 0.25) is 0 Å². The highest BCUT2D eigenvalue weighted by Crippen LogP contribution is 2.35. The maximum atomic E-state index is 14.9. The molecule has 0 radical (unpaired) electrons. The minimum Gasteiger partial charge on any atom is -0.458 e. The van der Waals surface area contributed by atoms with Crippen LogP contribution in [-0.4, -0.2) is 28.3 Å². The average molecular weight is 432 g/mol. The van der Waals surface area contributed by atoms with Crippen LogP contribution in [-0.2, 0) is 9.53 Å². The molecule has 2 heterocycles. The van der Waals surface area contributed by atoms with Crippen molar-refractivity contribution in [3.05, 3.63) is 83.8 Å². The first-order valence-corrected chi connectivity index (χ1v) is 10.8. The maximum absolute atomic E-state index is 14.9. The highest BCUT2D eigenvalue weighted by atomic mass is 19.1. The lowest BCUT2D eigenvalue weighted by atomic mass is 9.91. The van der Waals surface area contributed by atoms with E-state index in [4.69, 9.17) is 9.72 Å². The number of hydrogen-bond donors (Lipinski definition) is 1. The van der Waals surface area contributed by atoms with E-state index < -0.39 is 18.2 Å². The number of ether oxygens (including phenoxy) is 1. The maximum Gasteiger partial charge on any atom is 0.309 e. The topological polar surface area (TPSA) is 59.4 Å². The van der Waals surface area contributed by atoms with Crippen molar-refractivity contribution in [3.63, 3.8) is 0 Å². The minimum absolute atomic E-state index is 0.00931. The molecule has 1 aromatic heterocycles. The van der Waals surface area contributed by atoms with Gasteiger partial charge < -0.3 is 9.84 Å². The molecular formula is C27H26FNO3. The van der Waals surface area contributed by atoms with Gasteiger partial charge in [0.05, 0.1) is 23.9 Å². The van der Waals surface area contributed by atoms with Gasteiger partial charge in [0.2, 0.25) is 0 Å². The van der Waals surface area contributed by atoms with Gasteiger partial charge in [0.15, 0.2) is 0 Å². The molecule has 2 aromatic carbocycles. The molecule has 5 heteroatoms. The highest BCUT2D eigenvalue weighted by Gasteiger charge is 2.26. The number of cyclic esters (lactones) is 1. The standard InChI is InChI=1S/C27H26FNO3/c1-17(2)27-22(13-12-20-14-19(30)15-26(31)32-20)23(21-10-6-7-11-24(21)28)16-25(29-27)18-8-4-3-5-9-18/h3-13,16-17,19-20,30H,14-15H2,1-2H3. The van der Waals surface area contributed by atoms with E-state index in [1.807, 2.05) is 62.4 Å². The van der Waals surface area contributed by atoms with Crippen molar-refractivity contribution in [1.29, 1.82) is 0 Å². The lowest BCUT2D eigenvalue weighted by Gasteiger charge is -2.24. The highest BCUT2D eigenvalue weighted by molar-refractivity contribution is 5.81. The number of benzene rings is 2. The molecule has 4 nitrogen and oxygen atoms in total. The number of nitrogens with zero attached hydrogens (tertiary/aromatic N) is 1. The van der Waals surface area contributed by atoms with Crippen molar-refractivity contribution >= 4 is 12.0 Å². The summed E-state index contributed by atoms with van der Waals surface area (Å²) < 4.78 is 20.2. The number of carbonyl (C=O) groups is 1. The Hall–Kier alpha value is -3.31. The molecule has 0 spiro atoms. The van der Waals surface area contributed by atoms with Gasteiger partial charge in [-0.3, -0.25) is 9.78 Å². The number of aromatic nitrogens is 1. The first-order valence-electron chi connectivity index (χ1n) is 10.8. The van der Waals surface area contributed by atoms with Crippen molar-refractivity contribution in [1.82, 2.24) is 4.98 Å². The zero-order valence-corrected chi connectivity index (χ0v) is 18.2. The molecule has 0 saturated carbocycles. The minimum atomic E-state index is -0.722. The number of halogens is 1. The lowest BCUT2D eigenvalue weighted by molar-refractivity contribution is -0.156.